The molecule has 0 aliphatic heterocycles. The molecule has 2 amide bonds. The molecule has 8 rings (SSSR count). The maximum absolute atomic E-state index is 14.7. The molecular weight excluding hydrogens is 777 g/mol. The molecule has 1 aromatic rings. The molecule has 340 valence electrons. The predicted octanol–water partition coefficient (Wildman–Crippen LogP) is 10.0. The summed E-state index contributed by atoms with van der Waals surface area (Å²) < 4.78 is 6.44. The summed E-state index contributed by atoms with van der Waals surface area (Å²) >= 11 is 0. The van der Waals surface area contributed by atoms with E-state index in [0.29, 0.717) is 31.1 Å². The minimum absolute atomic E-state index is 0.00499. The number of ketones is 1. The van der Waals surface area contributed by atoms with E-state index in [4.69, 9.17) is 4.74 Å². The number of carboxylic acid groups (broad SMARTS) is 1. The summed E-state index contributed by atoms with van der Waals surface area (Å²) in [5, 5.41) is 16.5. The highest BCUT2D eigenvalue weighted by molar-refractivity contribution is 6.03. The number of hydrogen-bond acceptors (Lipinski definition) is 6. The number of fused-ring (bicyclic) bond motifs is 7. The van der Waals surface area contributed by atoms with E-state index < -0.39 is 39.7 Å². The van der Waals surface area contributed by atoms with Crippen LogP contribution in [0.5, 0.6) is 0 Å². The third-order valence-electron chi connectivity index (χ3n) is 20.0. The van der Waals surface area contributed by atoms with E-state index in [1.54, 1.807) is 0 Å². The second kappa shape index (κ2) is 15.0. The van der Waals surface area contributed by atoms with Crippen molar-refractivity contribution in [2.24, 2.45) is 56.7 Å². The molecule has 0 radical (unpaired) electrons. The van der Waals surface area contributed by atoms with Crippen LogP contribution in [0.3, 0.4) is 0 Å². The van der Waals surface area contributed by atoms with Crippen molar-refractivity contribution in [2.45, 2.75) is 195 Å². The van der Waals surface area contributed by atoms with Crippen LogP contribution < -0.4 is 10.6 Å². The lowest BCUT2D eigenvalue weighted by molar-refractivity contribution is -0.235. The van der Waals surface area contributed by atoms with Crippen LogP contribution in [-0.4, -0.2) is 51.8 Å². The van der Waals surface area contributed by atoms with Gasteiger partial charge in [-0.15, -0.1) is 0 Å². The summed E-state index contributed by atoms with van der Waals surface area (Å²) in [6, 6.07) is 10.0. The number of amides is 2. The fourth-order valence-electron chi connectivity index (χ4n) is 16.1. The fraction of sp³-hybridized carbons (Fsp3) is 0.755. The number of carboxylic acids is 1. The lowest BCUT2D eigenvalue weighted by atomic mass is 9.33. The van der Waals surface area contributed by atoms with E-state index >= 15 is 0 Å². The number of ether oxygens (including phenoxy) is 1. The lowest BCUT2D eigenvalue weighted by Gasteiger charge is -2.72. The highest BCUT2D eigenvalue weighted by Gasteiger charge is 2.71. The molecule has 10 atom stereocenters. The average molecular weight is 853 g/mol. The Kier molecular flexibility index (Phi) is 10.9. The Morgan fingerprint density at radius 3 is 2.10 bits per heavy atom. The normalized spacial score (nSPS) is 39.0. The van der Waals surface area contributed by atoms with Crippen LogP contribution in [0.2, 0.25) is 0 Å². The first-order valence-corrected chi connectivity index (χ1v) is 24.4. The molecule has 62 heavy (non-hydrogen) atoms. The van der Waals surface area contributed by atoms with Crippen molar-refractivity contribution in [1.82, 2.24) is 10.6 Å². The van der Waals surface area contributed by atoms with E-state index in [1.807, 2.05) is 58.0 Å². The molecule has 1 aromatic carbocycles. The Morgan fingerprint density at radius 2 is 1.47 bits per heavy atom. The van der Waals surface area contributed by atoms with E-state index in [-0.39, 0.29) is 63.7 Å². The van der Waals surface area contributed by atoms with Crippen molar-refractivity contribution in [3.8, 4) is 0 Å². The lowest BCUT2D eigenvalue weighted by Crippen LogP contribution is -2.68. The van der Waals surface area contributed by atoms with Crippen LogP contribution in [0.4, 0.5) is 0 Å². The number of allylic oxidation sites excluding steroid dienone is 1. The minimum Gasteiger partial charge on any atom is -0.481 e. The van der Waals surface area contributed by atoms with E-state index in [1.165, 1.54) is 5.57 Å². The number of carbonyl (C=O) groups is 5. The molecule has 0 saturated heterocycles. The Balaban J connectivity index is 1.03. The standard InChI is InChI=1S/C53H76N2O7/c1-11-17-33-37(56)31-53(55-44(60)48(6,7)54-45(61)52(24-15-16-25-52)32-18-13-12-14-19-32)29-28-50(9)34(41(33)53)20-21-39-49(8)26-23-40(47(4,5)38(49)22-27-51(39,50)10)62-43(59)36-30-35(42(57)58)46(36,2)3/h12-14,18-19,34-36,38-40H,11,15-17,20-31H2,1-10H3,(H,54,61)(H,55,60)(H,57,58)/t34-,35+,36-,38+,39-,40+,49+,50-,51-,53-/m1/s1. The van der Waals surface area contributed by atoms with Crippen molar-refractivity contribution in [1.29, 1.82) is 0 Å². The molecule has 0 bridgehead atoms. The first-order chi connectivity index (χ1) is 28.9. The summed E-state index contributed by atoms with van der Waals surface area (Å²) in [7, 11) is 0. The molecular formula is C53H76N2O7. The fourth-order valence-corrected chi connectivity index (χ4v) is 16.1. The number of nitrogens with one attached hydrogen (secondary N) is 2. The molecule has 7 aliphatic carbocycles. The molecule has 6 fully saturated rings. The SMILES string of the molecule is CCCC1=C2[C@H]3CC[C@@H]4[C@@]5(C)CC[C@H](OC(=O)[C@H]6C[C@@H](C(=O)O)C6(C)C)C(C)(C)[C@@H]5CC[C@@]4(C)[C@]3(C)CC[C@@]2(NC(=O)C(C)(C)NC(=O)C2(c3ccccc3)CCCC2)CC1=O. The first kappa shape index (κ1) is 45.1. The number of Topliss-reactive ketones (excluding diaryl/α,β-unsaturated/α-hetero) is 1. The Bertz CT molecular complexity index is 2050. The summed E-state index contributed by atoms with van der Waals surface area (Å²) in [5.41, 5.74) is -0.404. The number of carbonyl (C=O) groups excluding carboxylic acids is 4. The van der Waals surface area contributed by atoms with Gasteiger partial charge in [-0.05, 0) is 147 Å². The quantitative estimate of drug-likeness (QED) is 0.199. The topological polar surface area (TPSA) is 139 Å². The van der Waals surface area contributed by atoms with Gasteiger partial charge in [-0.25, -0.2) is 0 Å². The van der Waals surface area contributed by atoms with Gasteiger partial charge in [0.05, 0.1) is 22.8 Å². The predicted molar refractivity (Wildman–Crippen MR) is 240 cm³/mol. The van der Waals surface area contributed by atoms with E-state index in [9.17, 15) is 29.1 Å². The van der Waals surface area contributed by atoms with Gasteiger partial charge >= 0.3 is 11.9 Å². The van der Waals surface area contributed by atoms with Gasteiger partial charge in [0, 0.05) is 11.8 Å². The largest absolute Gasteiger partial charge is 0.481 e. The number of benzene rings is 1. The van der Waals surface area contributed by atoms with Gasteiger partial charge in [0.15, 0.2) is 5.78 Å². The maximum Gasteiger partial charge on any atom is 0.309 e. The second-order valence-electron chi connectivity index (χ2n) is 23.9. The zero-order valence-electron chi connectivity index (χ0n) is 39.6. The van der Waals surface area contributed by atoms with Gasteiger partial charge < -0.3 is 20.5 Å². The van der Waals surface area contributed by atoms with Crippen LogP contribution in [-0.2, 0) is 34.1 Å². The molecule has 3 N–H and O–H groups in total. The summed E-state index contributed by atoms with van der Waals surface area (Å²) in [6.07, 6.45) is 12.9. The van der Waals surface area contributed by atoms with Gasteiger partial charge in [-0.3, -0.25) is 24.0 Å². The van der Waals surface area contributed by atoms with Gasteiger partial charge in [-0.1, -0.05) is 105 Å². The average Bonchev–Trinajstić information content (AvgIpc) is 3.80. The number of hydrogen-bond donors (Lipinski definition) is 3. The van der Waals surface area contributed by atoms with Crippen LogP contribution >= 0.6 is 0 Å². The zero-order chi connectivity index (χ0) is 45.1. The smallest absolute Gasteiger partial charge is 0.309 e. The van der Waals surface area contributed by atoms with E-state index in [0.717, 1.165) is 88.2 Å². The number of rotatable bonds is 10. The minimum atomic E-state index is -1.19. The van der Waals surface area contributed by atoms with Crippen LogP contribution in [0.15, 0.2) is 41.5 Å². The van der Waals surface area contributed by atoms with Gasteiger partial charge in [0.1, 0.15) is 11.6 Å². The zero-order valence-corrected chi connectivity index (χ0v) is 39.6. The Hall–Kier alpha value is -3.49. The van der Waals surface area contributed by atoms with Gasteiger partial charge in [0.25, 0.3) is 0 Å². The van der Waals surface area contributed by atoms with Crippen molar-refractivity contribution in [2.75, 3.05) is 0 Å². The van der Waals surface area contributed by atoms with Crippen LogP contribution in [0.25, 0.3) is 0 Å². The van der Waals surface area contributed by atoms with Gasteiger partial charge in [0.2, 0.25) is 11.8 Å². The maximum atomic E-state index is 14.7. The summed E-state index contributed by atoms with van der Waals surface area (Å²) in [5.74, 6) is -1.19. The molecule has 7 aliphatic rings. The van der Waals surface area contributed by atoms with Crippen LogP contribution in [0, 0.1) is 56.7 Å². The Labute approximate surface area is 371 Å². The monoisotopic (exact) mass is 853 g/mol. The van der Waals surface area contributed by atoms with Crippen molar-refractivity contribution in [3.05, 3.63) is 47.0 Å². The van der Waals surface area contributed by atoms with Crippen molar-refractivity contribution < 1.29 is 33.8 Å². The third-order valence-corrected chi connectivity index (χ3v) is 20.0. The molecule has 9 nitrogen and oxygen atoms in total. The third kappa shape index (κ3) is 6.43. The van der Waals surface area contributed by atoms with E-state index in [2.05, 4.69) is 52.2 Å². The van der Waals surface area contributed by atoms with Crippen molar-refractivity contribution >= 4 is 29.5 Å². The van der Waals surface area contributed by atoms with Gasteiger partial charge in [-0.2, -0.15) is 0 Å². The number of aliphatic carboxylic acids is 1. The summed E-state index contributed by atoms with van der Waals surface area (Å²) in [6.45, 7) is 21.7. The second-order valence-corrected chi connectivity index (χ2v) is 23.9. The highest BCUT2D eigenvalue weighted by Crippen LogP contribution is 2.76. The highest BCUT2D eigenvalue weighted by atomic mass is 16.5. The number of esters is 1. The first-order valence-electron chi connectivity index (χ1n) is 24.4. The molecule has 6 saturated carbocycles. The molecule has 0 spiro atoms. The molecule has 0 heterocycles. The molecule has 9 heteroatoms. The van der Waals surface area contributed by atoms with Crippen molar-refractivity contribution in [3.63, 3.8) is 0 Å². The van der Waals surface area contributed by atoms with Crippen LogP contribution in [0.1, 0.15) is 178 Å². The molecule has 0 aromatic heterocycles. The Morgan fingerprint density at radius 1 is 0.790 bits per heavy atom. The molecule has 0 unspecified atom stereocenters. The summed E-state index contributed by atoms with van der Waals surface area (Å²) in [4.78, 5) is 68.9.